The van der Waals surface area contributed by atoms with Gasteiger partial charge in [-0.25, -0.2) is 4.79 Å². The number of rotatable bonds is 15. The van der Waals surface area contributed by atoms with Gasteiger partial charge in [-0.2, -0.15) is 0 Å². The van der Waals surface area contributed by atoms with Gasteiger partial charge < -0.3 is 39.1 Å². The molecule has 3 fully saturated rings. The Morgan fingerprint density at radius 2 is 1.72 bits per heavy atom. The fraction of sp³-hybridized carbons (Fsp3) is 0.634. The second-order valence-corrected chi connectivity index (χ2v) is 15.5. The van der Waals surface area contributed by atoms with Crippen LogP contribution in [0, 0.1) is 39.4 Å². The average Bonchev–Trinajstić information content (AvgIpc) is 3.46. The van der Waals surface area contributed by atoms with E-state index in [0.717, 1.165) is 56.9 Å². The first kappa shape index (κ1) is 44.5. The zero-order valence-electron chi connectivity index (χ0n) is 32.6. The Labute approximate surface area is 318 Å². The van der Waals surface area contributed by atoms with E-state index < -0.39 is 11.8 Å². The molecule has 0 saturated heterocycles. The topological polar surface area (TPSA) is 187 Å². The SMILES string of the molecule is C=C1C=CC2(C)C(=C1)CCC1C2C(O)CC2(C)C(C(=O)COC)CCC12.CC(C)(O)O.COc1cc(C(=O)OCCCCCCON=O)ccc1OC=O. The third-order valence-corrected chi connectivity index (χ3v) is 11.3. The smallest absolute Gasteiger partial charge is 0.338 e. The molecule has 54 heavy (non-hydrogen) atoms. The summed E-state index contributed by atoms with van der Waals surface area (Å²) < 4.78 is 20.1. The molecule has 0 radical (unpaired) electrons. The third kappa shape index (κ3) is 11.5. The zero-order valence-corrected chi connectivity index (χ0v) is 32.6. The number of esters is 1. The quantitative estimate of drug-likeness (QED) is 0.0445. The molecule has 0 aromatic heterocycles. The maximum atomic E-state index is 12.7. The summed E-state index contributed by atoms with van der Waals surface area (Å²) in [7, 11) is 3.00. The van der Waals surface area contributed by atoms with Crippen LogP contribution < -0.4 is 9.47 Å². The summed E-state index contributed by atoms with van der Waals surface area (Å²) in [6.07, 6.45) is 14.4. The maximum absolute atomic E-state index is 12.7. The molecular formula is C41H59NO12. The Balaban J connectivity index is 0.000000260. The van der Waals surface area contributed by atoms with Crippen molar-refractivity contribution >= 4 is 18.2 Å². The number of aliphatic hydroxyl groups is 3. The van der Waals surface area contributed by atoms with Gasteiger partial charge in [-0.3, -0.25) is 9.59 Å². The molecule has 0 amide bonds. The predicted octanol–water partition coefficient (Wildman–Crippen LogP) is 6.44. The number of carbonyl (C=O) groups excluding carboxylic acids is 3. The van der Waals surface area contributed by atoms with Crippen LogP contribution in [-0.2, 0) is 23.9 Å². The van der Waals surface area contributed by atoms with Crippen molar-refractivity contribution in [3.63, 3.8) is 0 Å². The molecule has 0 aliphatic heterocycles. The van der Waals surface area contributed by atoms with E-state index in [2.05, 4.69) is 48.8 Å². The first-order chi connectivity index (χ1) is 25.5. The van der Waals surface area contributed by atoms with E-state index in [4.69, 9.17) is 29.2 Å². The lowest BCUT2D eigenvalue weighted by Gasteiger charge is -2.58. The standard InChI is InChI=1S/C23H32O3.C15H19NO7.C3H8O2/c1-14-9-10-22(2)15(11-14)5-6-16-17-7-8-18(20(25)13-26-4)23(17,3)12-19(24)21(16)22;1-20-14-10-12(6-7-13(14)22-11-17)15(18)21-8-4-2-3-5-9-23-16-19;1-3(2,4)5/h9-11,16-19,21,24H,1,5-8,12-13H2,2-4H3;6-7,10-11H,2-5,8-9H2,1H3;4-5H,1-2H3. The van der Waals surface area contributed by atoms with Gasteiger partial charge in [0.05, 0.1) is 25.4 Å². The van der Waals surface area contributed by atoms with E-state index in [1.165, 1.54) is 44.7 Å². The number of Topliss-reactive ketones (excluding diaryl/α,β-unsaturated/α-hetero) is 1. The van der Waals surface area contributed by atoms with E-state index in [1.54, 1.807) is 7.11 Å². The number of benzene rings is 1. The first-order valence-corrected chi connectivity index (χ1v) is 18.7. The van der Waals surface area contributed by atoms with Crippen LogP contribution in [0.4, 0.5) is 0 Å². The highest BCUT2D eigenvalue weighted by Gasteiger charge is 2.62. The van der Waals surface area contributed by atoms with E-state index in [0.29, 0.717) is 37.0 Å². The van der Waals surface area contributed by atoms with Gasteiger partial charge in [-0.05, 0) is 113 Å². The highest BCUT2D eigenvalue weighted by Crippen LogP contribution is 2.66. The second kappa shape index (κ2) is 20.1. The lowest BCUT2D eigenvalue weighted by Crippen LogP contribution is -2.56. The average molecular weight is 758 g/mol. The number of ether oxygens (including phenoxy) is 4. The Hall–Kier alpha value is -3.91. The lowest BCUT2D eigenvalue weighted by atomic mass is 9.46. The number of unbranched alkanes of at least 4 members (excludes halogenated alkanes) is 3. The van der Waals surface area contributed by atoms with Crippen molar-refractivity contribution in [2.75, 3.05) is 34.0 Å². The van der Waals surface area contributed by atoms with Gasteiger partial charge in [0.2, 0.25) is 0 Å². The van der Waals surface area contributed by atoms with Crippen LogP contribution in [0.5, 0.6) is 11.5 Å². The molecular weight excluding hydrogens is 698 g/mol. The van der Waals surface area contributed by atoms with Crippen molar-refractivity contribution in [1.82, 2.24) is 0 Å². The van der Waals surface area contributed by atoms with Gasteiger partial charge in [-0.1, -0.05) is 44.2 Å². The molecule has 3 saturated carbocycles. The largest absolute Gasteiger partial charge is 0.493 e. The molecule has 1 aromatic carbocycles. The molecule has 0 spiro atoms. The number of hydrogen-bond donors (Lipinski definition) is 3. The molecule has 7 atom stereocenters. The molecule has 4 aliphatic rings. The van der Waals surface area contributed by atoms with Gasteiger partial charge in [-0.15, -0.1) is 4.91 Å². The fourth-order valence-electron chi connectivity index (χ4n) is 9.03. The van der Waals surface area contributed by atoms with Crippen molar-refractivity contribution in [2.24, 2.45) is 39.8 Å². The Morgan fingerprint density at radius 3 is 2.35 bits per heavy atom. The molecule has 5 rings (SSSR count). The summed E-state index contributed by atoms with van der Waals surface area (Å²) in [5.41, 5.74) is 2.65. The molecule has 13 nitrogen and oxygen atoms in total. The Bertz CT molecular complexity index is 1510. The van der Waals surface area contributed by atoms with Crippen LogP contribution >= 0.6 is 0 Å². The zero-order chi connectivity index (χ0) is 40.1. The predicted molar refractivity (Wildman–Crippen MR) is 201 cm³/mol. The molecule has 0 heterocycles. The first-order valence-electron chi connectivity index (χ1n) is 18.7. The summed E-state index contributed by atoms with van der Waals surface area (Å²) in [6, 6.07) is 4.41. The van der Waals surface area contributed by atoms with Crippen molar-refractivity contribution in [3.05, 3.63) is 64.6 Å². The van der Waals surface area contributed by atoms with E-state index >= 15 is 0 Å². The van der Waals surface area contributed by atoms with Crippen molar-refractivity contribution in [2.45, 2.75) is 97.4 Å². The van der Waals surface area contributed by atoms with Crippen LogP contribution in [0.25, 0.3) is 0 Å². The molecule has 13 heteroatoms. The van der Waals surface area contributed by atoms with Crippen molar-refractivity contribution in [1.29, 1.82) is 0 Å². The van der Waals surface area contributed by atoms with E-state index in [9.17, 15) is 24.4 Å². The van der Waals surface area contributed by atoms with Gasteiger partial charge in [0, 0.05) is 24.4 Å². The number of nitrogens with zero attached hydrogens (tertiary/aromatic N) is 1. The molecule has 300 valence electrons. The second-order valence-electron chi connectivity index (χ2n) is 15.5. The summed E-state index contributed by atoms with van der Waals surface area (Å²) in [6.45, 7) is 12.3. The summed E-state index contributed by atoms with van der Waals surface area (Å²) in [4.78, 5) is 48.9. The summed E-state index contributed by atoms with van der Waals surface area (Å²) >= 11 is 0. The minimum absolute atomic E-state index is 0.0365. The molecule has 4 aliphatic carbocycles. The Morgan fingerprint density at radius 1 is 1.04 bits per heavy atom. The highest BCUT2D eigenvalue weighted by atomic mass is 16.7. The number of ketones is 1. The van der Waals surface area contributed by atoms with Crippen molar-refractivity contribution in [3.8, 4) is 11.5 Å². The lowest BCUT2D eigenvalue weighted by molar-refractivity contribution is -0.141. The molecule has 3 N–H and O–H groups in total. The van der Waals surface area contributed by atoms with E-state index in [1.807, 2.05) is 0 Å². The van der Waals surface area contributed by atoms with Gasteiger partial charge in [0.25, 0.3) is 6.47 Å². The van der Waals surface area contributed by atoms with Gasteiger partial charge in [0.15, 0.2) is 28.4 Å². The van der Waals surface area contributed by atoms with Gasteiger partial charge >= 0.3 is 5.97 Å². The van der Waals surface area contributed by atoms with Crippen LogP contribution in [0.15, 0.2) is 59.5 Å². The summed E-state index contributed by atoms with van der Waals surface area (Å²) in [5.74, 6) is 0.0482. The van der Waals surface area contributed by atoms with Crippen LogP contribution in [0.1, 0.15) is 95.8 Å². The van der Waals surface area contributed by atoms with Gasteiger partial charge in [0.1, 0.15) is 13.2 Å². The van der Waals surface area contributed by atoms with E-state index in [-0.39, 0.29) is 59.1 Å². The van der Waals surface area contributed by atoms with Crippen LogP contribution in [-0.4, -0.2) is 79.5 Å². The Kier molecular flexibility index (Phi) is 16.6. The van der Waals surface area contributed by atoms with Crippen LogP contribution in [0.3, 0.4) is 0 Å². The minimum Gasteiger partial charge on any atom is -0.493 e. The fourth-order valence-corrected chi connectivity index (χ4v) is 9.03. The highest BCUT2D eigenvalue weighted by molar-refractivity contribution is 5.90. The molecule has 0 bridgehead atoms. The third-order valence-electron chi connectivity index (χ3n) is 11.3. The number of carbonyl (C=O) groups is 3. The number of fused-ring (bicyclic) bond motifs is 5. The van der Waals surface area contributed by atoms with Crippen LogP contribution in [0.2, 0.25) is 0 Å². The number of aliphatic hydroxyl groups excluding tert-OH is 1. The minimum atomic E-state index is -1.50. The normalized spacial score (nSPS) is 27.9. The number of allylic oxidation sites excluding steroid dienone is 5. The molecule has 7 unspecified atom stereocenters. The number of hydrogen-bond acceptors (Lipinski definition) is 13. The summed E-state index contributed by atoms with van der Waals surface area (Å²) in [5, 5.41) is 29.7. The monoisotopic (exact) mass is 757 g/mol. The maximum Gasteiger partial charge on any atom is 0.338 e. The number of methoxy groups -OCH3 is 2. The molecule has 1 aromatic rings. The van der Waals surface area contributed by atoms with Crippen molar-refractivity contribution < 1.29 is 53.5 Å².